The van der Waals surface area contributed by atoms with Gasteiger partial charge in [0.1, 0.15) is 6.10 Å². The van der Waals surface area contributed by atoms with Crippen molar-refractivity contribution < 1.29 is 4.74 Å². The predicted octanol–water partition coefficient (Wildman–Crippen LogP) is 3.28. The summed E-state index contributed by atoms with van der Waals surface area (Å²) in [5.74, 6) is 0. The van der Waals surface area contributed by atoms with Gasteiger partial charge in [-0.3, -0.25) is 0 Å². The molecule has 17 heavy (non-hydrogen) atoms. The maximum Gasteiger partial charge on any atom is 0.104 e. The van der Waals surface area contributed by atoms with E-state index in [-0.39, 0.29) is 6.10 Å². The molecular formula is C14H21NOS. The number of aryl methyl sites for hydroxylation is 1. The number of hydrogen-bond acceptors (Lipinski definition) is 3. The van der Waals surface area contributed by atoms with E-state index in [1.54, 1.807) is 0 Å². The van der Waals surface area contributed by atoms with E-state index in [0.29, 0.717) is 5.41 Å². The average Bonchev–Trinajstić information content (AvgIpc) is 2.88. The zero-order valence-corrected chi connectivity index (χ0v) is 11.3. The van der Waals surface area contributed by atoms with Gasteiger partial charge < -0.3 is 10.1 Å². The Morgan fingerprint density at radius 2 is 2.24 bits per heavy atom. The van der Waals surface area contributed by atoms with Gasteiger partial charge in [0.05, 0.1) is 6.61 Å². The predicted molar refractivity (Wildman–Crippen MR) is 71.5 cm³/mol. The van der Waals surface area contributed by atoms with Gasteiger partial charge >= 0.3 is 0 Å². The van der Waals surface area contributed by atoms with Gasteiger partial charge in [-0.2, -0.15) is 0 Å². The highest BCUT2D eigenvalue weighted by molar-refractivity contribution is 7.10. The molecule has 2 fully saturated rings. The van der Waals surface area contributed by atoms with Gasteiger partial charge in [-0.1, -0.05) is 12.8 Å². The molecule has 1 N–H and O–H groups in total. The minimum Gasteiger partial charge on any atom is -0.371 e. The summed E-state index contributed by atoms with van der Waals surface area (Å²) in [7, 11) is 0. The summed E-state index contributed by atoms with van der Waals surface area (Å²) >= 11 is 1.83. The first kappa shape index (κ1) is 11.7. The van der Waals surface area contributed by atoms with Crippen LogP contribution in [0.1, 0.15) is 42.2 Å². The summed E-state index contributed by atoms with van der Waals surface area (Å²) < 4.78 is 6.21. The lowest BCUT2D eigenvalue weighted by atomic mass is 9.87. The zero-order chi connectivity index (χ0) is 11.7. The van der Waals surface area contributed by atoms with Crippen molar-refractivity contribution in [3.63, 3.8) is 0 Å². The highest BCUT2D eigenvalue weighted by Crippen LogP contribution is 2.40. The smallest absolute Gasteiger partial charge is 0.104 e. The van der Waals surface area contributed by atoms with Crippen LogP contribution in [-0.4, -0.2) is 19.7 Å². The van der Waals surface area contributed by atoms with Gasteiger partial charge in [0, 0.05) is 23.4 Å². The topological polar surface area (TPSA) is 21.3 Å². The molecule has 1 aromatic heterocycles. The van der Waals surface area contributed by atoms with Crippen LogP contribution in [0.5, 0.6) is 0 Å². The maximum absolute atomic E-state index is 6.21. The van der Waals surface area contributed by atoms with Gasteiger partial charge in [0.2, 0.25) is 0 Å². The quantitative estimate of drug-likeness (QED) is 0.827. The molecule has 2 nitrogen and oxygen atoms in total. The van der Waals surface area contributed by atoms with Crippen molar-refractivity contribution in [1.82, 2.24) is 5.32 Å². The monoisotopic (exact) mass is 251 g/mol. The summed E-state index contributed by atoms with van der Waals surface area (Å²) in [6.45, 7) is 5.25. The molecule has 0 amide bonds. The number of hydrogen-bond donors (Lipinski definition) is 1. The van der Waals surface area contributed by atoms with E-state index < -0.39 is 0 Å². The minimum absolute atomic E-state index is 0.273. The van der Waals surface area contributed by atoms with Crippen molar-refractivity contribution in [2.75, 3.05) is 19.7 Å². The Morgan fingerprint density at radius 3 is 2.94 bits per heavy atom. The average molecular weight is 251 g/mol. The maximum atomic E-state index is 6.21. The summed E-state index contributed by atoms with van der Waals surface area (Å²) in [6, 6.07) is 2.19. The van der Waals surface area contributed by atoms with Crippen LogP contribution < -0.4 is 5.32 Å². The fourth-order valence-electron chi connectivity index (χ4n) is 3.18. The molecule has 0 radical (unpaired) electrons. The molecule has 1 saturated carbocycles. The lowest BCUT2D eigenvalue weighted by Gasteiger charge is -2.26. The number of thiophene rings is 1. The molecule has 2 aliphatic rings. The van der Waals surface area contributed by atoms with Crippen molar-refractivity contribution >= 4 is 11.3 Å². The van der Waals surface area contributed by atoms with Crippen LogP contribution in [0.15, 0.2) is 11.4 Å². The molecule has 1 aliphatic carbocycles. The third kappa shape index (κ3) is 2.28. The van der Waals surface area contributed by atoms with E-state index in [2.05, 4.69) is 23.7 Å². The zero-order valence-electron chi connectivity index (χ0n) is 10.5. The molecule has 1 aliphatic heterocycles. The number of rotatable bonds is 1. The van der Waals surface area contributed by atoms with Crippen LogP contribution in [0.3, 0.4) is 0 Å². The summed E-state index contributed by atoms with van der Waals surface area (Å²) in [5.41, 5.74) is 1.82. The molecule has 1 spiro atoms. The Labute approximate surface area is 107 Å². The molecule has 1 saturated heterocycles. The molecule has 3 rings (SSSR count). The third-order valence-electron chi connectivity index (χ3n) is 4.28. The standard InChI is InChI=1S/C14H21NOS/c1-11-4-7-17-13(11)12-8-15-9-14(10-16-12)5-2-3-6-14/h4,7,12,15H,2-3,5-6,8-10H2,1H3. The second-order valence-corrected chi connectivity index (χ2v) is 6.55. The van der Waals surface area contributed by atoms with E-state index in [9.17, 15) is 0 Å². The lowest BCUT2D eigenvalue weighted by molar-refractivity contribution is 0.0173. The largest absolute Gasteiger partial charge is 0.371 e. The van der Waals surface area contributed by atoms with E-state index >= 15 is 0 Å². The first-order valence-corrected chi connectivity index (χ1v) is 7.53. The second-order valence-electron chi connectivity index (χ2n) is 5.61. The Balaban J connectivity index is 1.72. The summed E-state index contributed by atoms with van der Waals surface area (Å²) in [4.78, 5) is 1.41. The Hall–Kier alpha value is -0.380. The summed E-state index contributed by atoms with van der Waals surface area (Å²) in [5, 5.41) is 5.80. The molecule has 1 unspecified atom stereocenters. The Kier molecular flexibility index (Phi) is 3.24. The molecule has 0 aromatic carbocycles. The summed E-state index contributed by atoms with van der Waals surface area (Å²) in [6.07, 6.45) is 5.73. The van der Waals surface area contributed by atoms with Crippen molar-refractivity contribution in [3.05, 3.63) is 21.9 Å². The molecule has 0 bridgehead atoms. The van der Waals surface area contributed by atoms with Crippen molar-refractivity contribution in [2.45, 2.75) is 38.7 Å². The highest BCUT2D eigenvalue weighted by atomic mass is 32.1. The first-order chi connectivity index (χ1) is 8.29. The Morgan fingerprint density at radius 1 is 1.41 bits per heavy atom. The fourth-order valence-corrected chi connectivity index (χ4v) is 4.16. The van der Waals surface area contributed by atoms with Crippen LogP contribution in [0.4, 0.5) is 0 Å². The van der Waals surface area contributed by atoms with Crippen LogP contribution in [-0.2, 0) is 4.74 Å². The van der Waals surface area contributed by atoms with E-state index in [4.69, 9.17) is 4.74 Å². The van der Waals surface area contributed by atoms with E-state index in [1.165, 1.54) is 36.1 Å². The van der Waals surface area contributed by atoms with Crippen LogP contribution in [0.25, 0.3) is 0 Å². The first-order valence-electron chi connectivity index (χ1n) is 6.65. The third-order valence-corrected chi connectivity index (χ3v) is 5.39. The Bertz CT molecular complexity index is 381. The van der Waals surface area contributed by atoms with Gasteiger partial charge in [-0.25, -0.2) is 0 Å². The number of ether oxygens (including phenoxy) is 1. The molecule has 94 valence electrons. The van der Waals surface area contributed by atoms with Crippen molar-refractivity contribution in [2.24, 2.45) is 5.41 Å². The minimum atomic E-state index is 0.273. The molecule has 2 heterocycles. The van der Waals surface area contributed by atoms with Crippen molar-refractivity contribution in [1.29, 1.82) is 0 Å². The van der Waals surface area contributed by atoms with E-state index in [0.717, 1.165) is 19.7 Å². The second kappa shape index (κ2) is 4.71. The van der Waals surface area contributed by atoms with Gasteiger partial charge in [-0.05, 0) is 36.8 Å². The molecular weight excluding hydrogens is 230 g/mol. The van der Waals surface area contributed by atoms with Gasteiger partial charge in [0.15, 0.2) is 0 Å². The number of nitrogens with one attached hydrogen (secondary N) is 1. The SMILES string of the molecule is Cc1ccsc1C1CNCC2(CCCC2)CO1. The lowest BCUT2D eigenvalue weighted by Crippen LogP contribution is -2.32. The van der Waals surface area contributed by atoms with Crippen LogP contribution >= 0.6 is 11.3 Å². The fraction of sp³-hybridized carbons (Fsp3) is 0.714. The van der Waals surface area contributed by atoms with E-state index in [1.807, 2.05) is 11.3 Å². The molecule has 1 aromatic rings. The molecule has 3 heteroatoms. The van der Waals surface area contributed by atoms with Crippen LogP contribution in [0, 0.1) is 12.3 Å². The van der Waals surface area contributed by atoms with Crippen molar-refractivity contribution in [3.8, 4) is 0 Å². The highest BCUT2D eigenvalue weighted by Gasteiger charge is 2.37. The normalized spacial score (nSPS) is 28.4. The molecule has 1 atom stereocenters. The van der Waals surface area contributed by atoms with Crippen LogP contribution in [0.2, 0.25) is 0 Å². The van der Waals surface area contributed by atoms with Gasteiger partial charge in [-0.15, -0.1) is 11.3 Å². The van der Waals surface area contributed by atoms with Gasteiger partial charge in [0.25, 0.3) is 0 Å².